The Morgan fingerprint density at radius 3 is 1.39 bits per heavy atom. The highest BCUT2D eigenvalue weighted by molar-refractivity contribution is 6.13. The number of nitrogens with zero attached hydrogens (tertiary/aromatic N) is 2. The fourth-order valence-corrected chi connectivity index (χ4v) is 7.72. The third kappa shape index (κ3) is 6.21. The first-order valence-electron chi connectivity index (χ1n) is 19.0. The lowest BCUT2D eigenvalue weighted by molar-refractivity contribution is 0.620. The summed E-state index contributed by atoms with van der Waals surface area (Å²) in [5.74, 6) is 0.598. The van der Waals surface area contributed by atoms with Crippen molar-refractivity contribution >= 4 is 38.9 Å². The molecule has 3 heteroatoms. The van der Waals surface area contributed by atoms with Gasteiger partial charge in [-0.05, 0) is 86.8 Å². The van der Waals surface area contributed by atoms with Crippen LogP contribution >= 0.6 is 0 Å². The highest BCUT2D eigenvalue weighted by Crippen LogP contribution is 2.45. The summed E-state index contributed by atoms with van der Waals surface area (Å²) < 4.78 is 6.52. The van der Waals surface area contributed by atoms with Gasteiger partial charge in [0, 0.05) is 22.2 Å². The quantitative estimate of drug-likeness (QED) is 0.157. The van der Waals surface area contributed by atoms with Gasteiger partial charge in [0.1, 0.15) is 5.52 Å². The maximum atomic E-state index is 6.52. The Kier molecular flexibility index (Phi) is 8.51. The molecule has 0 saturated heterocycles. The summed E-state index contributed by atoms with van der Waals surface area (Å²) in [6, 6.07) is 77.0. The minimum atomic E-state index is 0.598. The number of benzene rings is 9. The molecule has 0 aliphatic rings. The Balaban J connectivity index is 1.10. The zero-order valence-corrected chi connectivity index (χ0v) is 30.6. The Bertz CT molecular complexity index is 2920. The van der Waals surface area contributed by atoms with Gasteiger partial charge in [-0.3, -0.25) is 0 Å². The molecule has 0 radical (unpaired) electrons. The number of fused-ring (bicyclic) bond motifs is 3. The molecule has 0 saturated carbocycles. The second kappa shape index (κ2) is 14.4. The van der Waals surface area contributed by atoms with Crippen molar-refractivity contribution in [2.24, 2.45) is 0 Å². The highest BCUT2D eigenvalue weighted by atomic mass is 16.3. The molecule has 0 fully saturated rings. The molecule has 0 aliphatic carbocycles. The van der Waals surface area contributed by atoms with Gasteiger partial charge < -0.3 is 9.32 Å². The standard InChI is InChI=1S/C53H36N2O/c1-4-13-37(14-5-1)39-23-25-41(26-24-39)42-31-34-46(35-32-42)55(48-21-11-10-20-47(48)43-17-8-3-9-18-43)49-22-12-19-44-33-36-50-52(51(44)49)54-53(56-50)45-29-27-40(28-30-45)38-15-6-2-7-16-38/h1-36H. The summed E-state index contributed by atoms with van der Waals surface area (Å²) in [6.07, 6.45) is 0. The summed E-state index contributed by atoms with van der Waals surface area (Å²) in [6.45, 7) is 0. The van der Waals surface area contributed by atoms with Gasteiger partial charge in [0.25, 0.3) is 0 Å². The van der Waals surface area contributed by atoms with Crippen LogP contribution in [0.2, 0.25) is 0 Å². The number of oxazole rings is 1. The molecule has 0 N–H and O–H groups in total. The number of aromatic nitrogens is 1. The lowest BCUT2D eigenvalue weighted by Gasteiger charge is -2.29. The number of hydrogen-bond acceptors (Lipinski definition) is 3. The molecule has 0 amide bonds. The number of para-hydroxylation sites is 1. The number of rotatable bonds is 8. The highest BCUT2D eigenvalue weighted by Gasteiger charge is 2.22. The Hall–Kier alpha value is -7.49. The van der Waals surface area contributed by atoms with E-state index in [4.69, 9.17) is 9.40 Å². The van der Waals surface area contributed by atoms with Crippen molar-refractivity contribution in [2.45, 2.75) is 0 Å². The minimum Gasteiger partial charge on any atom is -0.436 e. The van der Waals surface area contributed by atoms with Crippen LogP contribution in [0, 0.1) is 0 Å². The maximum Gasteiger partial charge on any atom is 0.227 e. The van der Waals surface area contributed by atoms with Crippen molar-refractivity contribution in [3.63, 3.8) is 0 Å². The molecule has 3 nitrogen and oxygen atoms in total. The number of anilines is 3. The van der Waals surface area contributed by atoms with Gasteiger partial charge in [-0.2, -0.15) is 0 Å². The van der Waals surface area contributed by atoms with Crippen LogP contribution in [0.5, 0.6) is 0 Å². The van der Waals surface area contributed by atoms with E-state index in [9.17, 15) is 0 Å². The van der Waals surface area contributed by atoms with E-state index in [-0.39, 0.29) is 0 Å². The third-order valence-corrected chi connectivity index (χ3v) is 10.5. The van der Waals surface area contributed by atoms with E-state index >= 15 is 0 Å². The molecule has 10 rings (SSSR count). The summed E-state index contributed by atoms with van der Waals surface area (Å²) in [5, 5.41) is 2.12. The minimum absolute atomic E-state index is 0.598. The van der Waals surface area contributed by atoms with Gasteiger partial charge in [0.2, 0.25) is 5.89 Å². The van der Waals surface area contributed by atoms with Crippen molar-refractivity contribution < 1.29 is 4.42 Å². The van der Waals surface area contributed by atoms with Crippen LogP contribution in [0.4, 0.5) is 17.1 Å². The topological polar surface area (TPSA) is 29.3 Å². The Morgan fingerprint density at radius 2 is 0.804 bits per heavy atom. The molecular formula is C53H36N2O. The van der Waals surface area contributed by atoms with E-state index in [1.807, 2.05) is 12.1 Å². The Labute approximate surface area is 326 Å². The van der Waals surface area contributed by atoms with Crippen molar-refractivity contribution in [3.05, 3.63) is 218 Å². The average molecular weight is 717 g/mol. The van der Waals surface area contributed by atoms with E-state index in [2.05, 4.69) is 211 Å². The van der Waals surface area contributed by atoms with Crippen molar-refractivity contribution in [2.75, 3.05) is 4.90 Å². The second-order valence-electron chi connectivity index (χ2n) is 14.0. The van der Waals surface area contributed by atoms with E-state index in [0.29, 0.717) is 5.89 Å². The van der Waals surface area contributed by atoms with E-state index in [1.54, 1.807) is 0 Å². The zero-order chi connectivity index (χ0) is 37.3. The molecule has 264 valence electrons. The molecular weight excluding hydrogens is 681 g/mol. The summed E-state index contributed by atoms with van der Waals surface area (Å²) in [7, 11) is 0. The molecule has 0 aliphatic heterocycles. The van der Waals surface area contributed by atoms with Crippen molar-refractivity contribution in [3.8, 4) is 56.0 Å². The molecule has 1 heterocycles. The van der Waals surface area contributed by atoms with Crippen LogP contribution in [0.25, 0.3) is 77.8 Å². The maximum absolute atomic E-state index is 6.52. The lowest BCUT2D eigenvalue weighted by Crippen LogP contribution is -2.12. The Morgan fingerprint density at radius 1 is 0.339 bits per heavy atom. The van der Waals surface area contributed by atoms with E-state index in [1.165, 1.54) is 22.3 Å². The first-order chi connectivity index (χ1) is 27.8. The van der Waals surface area contributed by atoms with Gasteiger partial charge in [-0.25, -0.2) is 4.98 Å². The van der Waals surface area contributed by atoms with Crippen molar-refractivity contribution in [1.29, 1.82) is 0 Å². The summed E-state index contributed by atoms with van der Waals surface area (Å²) in [4.78, 5) is 7.58. The first-order valence-corrected chi connectivity index (χ1v) is 19.0. The van der Waals surface area contributed by atoms with Crippen molar-refractivity contribution in [1.82, 2.24) is 4.98 Å². The van der Waals surface area contributed by atoms with Crippen LogP contribution in [-0.2, 0) is 0 Å². The molecule has 56 heavy (non-hydrogen) atoms. The molecule has 0 spiro atoms. The van der Waals surface area contributed by atoms with Gasteiger partial charge in [-0.1, -0.05) is 176 Å². The average Bonchev–Trinajstić information content (AvgIpc) is 3.73. The smallest absolute Gasteiger partial charge is 0.227 e. The first kappa shape index (κ1) is 33.1. The predicted molar refractivity (Wildman–Crippen MR) is 233 cm³/mol. The van der Waals surface area contributed by atoms with Crippen LogP contribution in [-0.4, -0.2) is 4.98 Å². The largest absolute Gasteiger partial charge is 0.436 e. The van der Waals surface area contributed by atoms with Crippen LogP contribution in [0.15, 0.2) is 223 Å². The normalized spacial score (nSPS) is 11.2. The van der Waals surface area contributed by atoms with Crippen LogP contribution in [0.1, 0.15) is 0 Å². The second-order valence-corrected chi connectivity index (χ2v) is 14.0. The van der Waals surface area contributed by atoms with Gasteiger partial charge in [0.15, 0.2) is 5.58 Å². The summed E-state index contributed by atoms with van der Waals surface area (Å²) >= 11 is 0. The fourth-order valence-electron chi connectivity index (χ4n) is 7.72. The fraction of sp³-hybridized carbons (Fsp3) is 0. The SMILES string of the molecule is c1ccc(-c2ccc(-c3ccc(N(c4ccccc4-c4ccccc4)c4cccc5ccc6oc(-c7ccc(-c8ccccc8)cc7)nc6c45)cc3)cc2)cc1. The van der Waals surface area contributed by atoms with Gasteiger partial charge >= 0.3 is 0 Å². The molecule has 0 bridgehead atoms. The summed E-state index contributed by atoms with van der Waals surface area (Å²) in [5.41, 5.74) is 15.0. The molecule has 9 aromatic carbocycles. The third-order valence-electron chi connectivity index (χ3n) is 10.5. The lowest BCUT2D eigenvalue weighted by atomic mass is 9.98. The molecule has 0 unspecified atom stereocenters. The molecule has 1 aromatic heterocycles. The predicted octanol–water partition coefficient (Wildman–Crippen LogP) is 14.8. The molecule has 10 aromatic rings. The number of hydrogen-bond donors (Lipinski definition) is 0. The van der Waals surface area contributed by atoms with E-state index in [0.717, 1.165) is 66.8 Å². The van der Waals surface area contributed by atoms with Crippen LogP contribution < -0.4 is 4.90 Å². The van der Waals surface area contributed by atoms with E-state index < -0.39 is 0 Å². The van der Waals surface area contributed by atoms with Gasteiger partial charge in [-0.15, -0.1) is 0 Å². The zero-order valence-electron chi connectivity index (χ0n) is 30.6. The van der Waals surface area contributed by atoms with Crippen LogP contribution in [0.3, 0.4) is 0 Å². The molecule has 0 atom stereocenters. The monoisotopic (exact) mass is 716 g/mol. The van der Waals surface area contributed by atoms with Gasteiger partial charge in [0.05, 0.1) is 11.4 Å².